The highest BCUT2D eigenvalue weighted by atomic mass is 16.5. The number of nitrogens with one attached hydrogen (secondary N) is 1. The van der Waals surface area contributed by atoms with Crippen LogP contribution in [0.2, 0.25) is 0 Å². The molecule has 0 atom stereocenters. The van der Waals surface area contributed by atoms with E-state index in [9.17, 15) is 0 Å². The average molecular weight is 278 g/mol. The van der Waals surface area contributed by atoms with Crippen molar-refractivity contribution in [2.45, 2.75) is 32.0 Å². The van der Waals surface area contributed by atoms with Gasteiger partial charge in [-0.15, -0.1) is 0 Å². The van der Waals surface area contributed by atoms with Crippen LogP contribution in [-0.2, 0) is 13.2 Å². The van der Waals surface area contributed by atoms with Crippen LogP contribution >= 0.6 is 0 Å². The normalized spacial score (nSPS) is 13.7. The lowest BCUT2D eigenvalue weighted by Gasteiger charge is -2.08. The van der Waals surface area contributed by atoms with E-state index < -0.39 is 0 Å². The summed E-state index contributed by atoms with van der Waals surface area (Å²) in [5.74, 6) is 0.870. The van der Waals surface area contributed by atoms with Gasteiger partial charge >= 0.3 is 0 Å². The SMILES string of the molecule is N#Cc1ccc(COc2ccc(CNC3CC3)cc2)cc1. The molecule has 0 amide bonds. The molecule has 0 unspecified atom stereocenters. The molecule has 1 saturated carbocycles. The van der Waals surface area contributed by atoms with Gasteiger partial charge in [0.15, 0.2) is 0 Å². The van der Waals surface area contributed by atoms with Gasteiger partial charge < -0.3 is 10.1 Å². The number of nitriles is 1. The van der Waals surface area contributed by atoms with Gasteiger partial charge in [-0.3, -0.25) is 0 Å². The highest BCUT2D eigenvalue weighted by Crippen LogP contribution is 2.20. The van der Waals surface area contributed by atoms with E-state index in [0.717, 1.165) is 23.9 Å². The highest BCUT2D eigenvalue weighted by molar-refractivity contribution is 5.32. The predicted octanol–water partition coefficient (Wildman–Crippen LogP) is 3.39. The van der Waals surface area contributed by atoms with Crippen molar-refractivity contribution in [3.8, 4) is 11.8 Å². The Morgan fingerprint density at radius 2 is 1.67 bits per heavy atom. The predicted molar refractivity (Wildman–Crippen MR) is 81.8 cm³/mol. The molecule has 1 aliphatic rings. The Bertz CT molecular complexity index is 622. The number of ether oxygens (including phenoxy) is 1. The fourth-order valence-electron chi connectivity index (χ4n) is 2.10. The summed E-state index contributed by atoms with van der Waals surface area (Å²) in [5, 5.41) is 12.3. The molecule has 2 aromatic rings. The summed E-state index contributed by atoms with van der Waals surface area (Å²) in [5.41, 5.74) is 3.02. The van der Waals surface area contributed by atoms with Crippen LogP contribution in [0.5, 0.6) is 5.75 Å². The second-order valence-electron chi connectivity index (χ2n) is 5.40. The molecule has 1 N–H and O–H groups in total. The summed E-state index contributed by atoms with van der Waals surface area (Å²) in [6.07, 6.45) is 2.62. The maximum Gasteiger partial charge on any atom is 0.119 e. The molecule has 2 aromatic carbocycles. The van der Waals surface area contributed by atoms with E-state index in [1.54, 1.807) is 0 Å². The van der Waals surface area contributed by atoms with Crippen molar-refractivity contribution in [1.82, 2.24) is 5.32 Å². The summed E-state index contributed by atoms with van der Waals surface area (Å²) < 4.78 is 5.76. The first-order valence-corrected chi connectivity index (χ1v) is 7.27. The van der Waals surface area contributed by atoms with Crippen molar-refractivity contribution in [2.75, 3.05) is 0 Å². The highest BCUT2D eigenvalue weighted by Gasteiger charge is 2.19. The van der Waals surface area contributed by atoms with Gasteiger partial charge in [0, 0.05) is 12.6 Å². The van der Waals surface area contributed by atoms with E-state index in [1.165, 1.54) is 18.4 Å². The maximum atomic E-state index is 8.76. The molecule has 21 heavy (non-hydrogen) atoms. The molecular formula is C18H18N2O. The van der Waals surface area contributed by atoms with Crippen LogP contribution in [0, 0.1) is 11.3 Å². The fraction of sp³-hybridized carbons (Fsp3) is 0.278. The van der Waals surface area contributed by atoms with Gasteiger partial charge in [-0.05, 0) is 48.2 Å². The minimum atomic E-state index is 0.519. The number of nitrogens with zero attached hydrogens (tertiary/aromatic N) is 1. The van der Waals surface area contributed by atoms with Gasteiger partial charge in [0.2, 0.25) is 0 Å². The first-order chi connectivity index (χ1) is 10.3. The van der Waals surface area contributed by atoms with E-state index in [2.05, 4.69) is 23.5 Å². The lowest BCUT2D eigenvalue weighted by molar-refractivity contribution is 0.306. The Labute approximate surface area is 125 Å². The Morgan fingerprint density at radius 3 is 2.29 bits per heavy atom. The molecule has 0 bridgehead atoms. The van der Waals surface area contributed by atoms with E-state index in [4.69, 9.17) is 10.00 Å². The van der Waals surface area contributed by atoms with Gasteiger partial charge in [0.05, 0.1) is 11.6 Å². The Morgan fingerprint density at radius 1 is 1.00 bits per heavy atom. The van der Waals surface area contributed by atoms with E-state index in [1.807, 2.05) is 36.4 Å². The number of hydrogen-bond donors (Lipinski definition) is 1. The smallest absolute Gasteiger partial charge is 0.119 e. The van der Waals surface area contributed by atoms with Gasteiger partial charge in [-0.1, -0.05) is 24.3 Å². The van der Waals surface area contributed by atoms with E-state index >= 15 is 0 Å². The van der Waals surface area contributed by atoms with Crippen LogP contribution in [0.4, 0.5) is 0 Å². The van der Waals surface area contributed by atoms with Gasteiger partial charge in [0.25, 0.3) is 0 Å². The minimum absolute atomic E-state index is 0.519. The maximum absolute atomic E-state index is 8.76. The van der Waals surface area contributed by atoms with Crippen LogP contribution in [0.1, 0.15) is 29.5 Å². The van der Waals surface area contributed by atoms with Crippen molar-refractivity contribution in [3.05, 3.63) is 65.2 Å². The second kappa shape index (κ2) is 6.43. The minimum Gasteiger partial charge on any atom is -0.489 e. The largest absolute Gasteiger partial charge is 0.489 e. The Balaban J connectivity index is 1.50. The molecule has 3 nitrogen and oxygen atoms in total. The molecule has 0 saturated heterocycles. The third kappa shape index (κ3) is 4.08. The third-order valence-electron chi connectivity index (χ3n) is 3.58. The van der Waals surface area contributed by atoms with E-state index in [-0.39, 0.29) is 0 Å². The number of benzene rings is 2. The summed E-state index contributed by atoms with van der Waals surface area (Å²) in [4.78, 5) is 0. The standard InChI is InChI=1S/C18H18N2O/c19-11-14-1-3-16(4-2-14)13-21-18-9-5-15(6-10-18)12-20-17-7-8-17/h1-6,9-10,17,20H,7-8,12-13H2. The van der Waals surface area contributed by atoms with Crippen molar-refractivity contribution >= 4 is 0 Å². The number of hydrogen-bond acceptors (Lipinski definition) is 3. The lowest BCUT2D eigenvalue weighted by atomic mass is 10.1. The first-order valence-electron chi connectivity index (χ1n) is 7.27. The van der Waals surface area contributed by atoms with Crippen LogP contribution in [0.25, 0.3) is 0 Å². The molecule has 0 spiro atoms. The fourth-order valence-corrected chi connectivity index (χ4v) is 2.10. The van der Waals surface area contributed by atoms with Crippen molar-refractivity contribution in [1.29, 1.82) is 5.26 Å². The van der Waals surface area contributed by atoms with Crippen LogP contribution in [0.3, 0.4) is 0 Å². The topological polar surface area (TPSA) is 45.0 Å². The molecule has 0 radical (unpaired) electrons. The monoisotopic (exact) mass is 278 g/mol. The Kier molecular flexibility index (Phi) is 4.18. The quantitative estimate of drug-likeness (QED) is 0.881. The average Bonchev–Trinajstić information content (AvgIpc) is 3.37. The first kappa shape index (κ1) is 13.7. The summed E-state index contributed by atoms with van der Waals surface area (Å²) in [7, 11) is 0. The number of rotatable bonds is 6. The molecule has 3 heteroatoms. The van der Waals surface area contributed by atoms with Crippen LogP contribution in [0.15, 0.2) is 48.5 Å². The van der Waals surface area contributed by atoms with Gasteiger partial charge in [-0.2, -0.15) is 5.26 Å². The zero-order valence-electron chi connectivity index (χ0n) is 11.9. The molecular weight excluding hydrogens is 260 g/mol. The van der Waals surface area contributed by atoms with Crippen molar-refractivity contribution < 1.29 is 4.74 Å². The molecule has 106 valence electrons. The molecule has 3 rings (SSSR count). The Hall–Kier alpha value is -2.31. The van der Waals surface area contributed by atoms with Gasteiger partial charge in [-0.25, -0.2) is 0 Å². The molecule has 1 aliphatic carbocycles. The zero-order valence-corrected chi connectivity index (χ0v) is 11.9. The summed E-state index contributed by atoms with van der Waals surface area (Å²) >= 11 is 0. The second-order valence-corrected chi connectivity index (χ2v) is 5.40. The summed E-state index contributed by atoms with van der Waals surface area (Å²) in [6.45, 7) is 1.45. The lowest BCUT2D eigenvalue weighted by Crippen LogP contribution is -2.15. The van der Waals surface area contributed by atoms with Crippen LogP contribution in [-0.4, -0.2) is 6.04 Å². The van der Waals surface area contributed by atoms with E-state index in [0.29, 0.717) is 12.2 Å². The summed E-state index contributed by atoms with van der Waals surface area (Å²) in [6, 6.07) is 18.5. The van der Waals surface area contributed by atoms with Crippen LogP contribution < -0.4 is 10.1 Å². The molecule has 0 aromatic heterocycles. The molecule has 1 fully saturated rings. The molecule has 0 heterocycles. The third-order valence-corrected chi connectivity index (χ3v) is 3.58. The van der Waals surface area contributed by atoms with Crippen molar-refractivity contribution in [2.24, 2.45) is 0 Å². The zero-order chi connectivity index (χ0) is 14.5. The van der Waals surface area contributed by atoms with Gasteiger partial charge in [0.1, 0.15) is 12.4 Å². The molecule has 0 aliphatic heterocycles. The van der Waals surface area contributed by atoms with Crippen molar-refractivity contribution in [3.63, 3.8) is 0 Å².